The number of anilines is 1. The summed E-state index contributed by atoms with van der Waals surface area (Å²) in [5.41, 5.74) is 3.14. The molecule has 100 valence electrons. The van der Waals surface area contributed by atoms with Crippen molar-refractivity contribution in [3.05, 3.63) is 64.5 Å². The molecule has 2 aromatic carbocycles. The maximum absolute atomic E-state index is 13.4. The van der Waals surface area contributed by atoms with Crippen molar-refractivity contribution in [2.45, 2.75) is 20.4 Å². The molecule has 0 aliphatic rings. The van der Waals surface area contributed by atoms with Gasteiger partial charge in [0.25, 0.3) is 0 Å². The van der Waals surface area contributed by atoms with Gasteiger partial charge in [0.1, 0.15) is 5.82 Å². The highest BCUT2D eigenvalue weighted by atomic mass is 19.2. The van der Waals surface area contributed by atoms with Crippen LogP contribution in [-0.4, -0.2) is 0 Å². The molecule has 0 heterocycles. The summed E-state index contributed by atoms with van der Waals surface area (Å²) in [7, 11) is 0. The SMILES string of the molecule is Cc1ccc(CNc2cc(F)c(F)cc2F)c(C)c1. The average molecular weight is 265 g/mol. The van der Waals surface area contributed by atoms with Crippen LogP contribution >= 0.6 is 0 Å². The van der Waals surface area contributed by atoms with Gasteiger partial charge >= 0.3 is 0 Å². The van der Waals surface area contributed by atoms with Gasteiger partial charge in [-0.15, -0.1) is 0 Å². The normalized spacial score (nSPS) is 10.6. The van der Waals surface area contributed by atoms with Crippen LogP contribution in [0.2, 0.25) is 0 Å². The standard InChI is InChI=1S/C15H14F3N/c1-9-3-4-11(10(2)5-9)8-19-15-7-13(17)12(16)6-14(15)18/h3-7,19H,8H2,1-2H3. The number of hydrogen-bond acceptors (Lipinski definition) is 1. The first-order valence-electron chi connectivity index (χ1n) is 5.92. The molecule has 0 bridgehead atoms. The largest absolute Gasteiger partial charge is 0.379 e. The monoisotopic (exact) mass is 265 g/mol. The summed E-state index contributed by atoms with van der Waals surface area (Å²) < 4.78 is 39.3. The van der Waals surface area contributed by atoms with Gasteiger partial charge in [-0.05, 0) is 25.0 Å². The molecule has 0 unspecified atom stereocenters. The first-order valence-corrected chi connectivity index (χ1v) is 5.92. The summed E-state index contributed by atoms with van der Waals surface area (Å²) in [6.07, 6.45) is 0. The van der Waals surface area contributed by atoms with E-state index in [0.717, 1.165) is 22.8 Å². The highest BCUT2D eigenvalue weighted by Gasteiger charge is 2.09. The Hall–Kier alpha value is -1.97. The van der Waals surface area contributed by atoms with Gasteiger partial charge < -0.3 is 5.32 Å². The van der Waals surface area contributed by atoms with Crippen LogP contribution < -0.4 is 5.32 Å². The van der Waals surface area contributed by atoms with Crippen LogP contribution in [0.3, 0.4) is 0 Å². The van der Waals surface area contributed by atoms with Crippen molar-refractivity contribution in [3.63, 3.8) is 0 Å². The summed E-state index contributed by atoms with van der Waals surface area (Å²) >= 11 is 0. The Morgan fingerprint density at radius 2 is 1.58 bits per heavy atom. The first-order chi connectivity index (χ1) is 8.97. The lowest BCUT2D eigenvalue weighted by molar-refractivity contribution is 0.496. The maximum atomic E-state index is 13.4. The molecular weight excluding hydrogens is 251 g/mol. The van der Waals surface area contributed by atoms with Crippen molar-refractivity contribution in [1.29, 1.82) is 0 Å². The highest BCUT2D eigenvalue weighted by molar-refractivity contribution is 5.46. The maximum Gasteiger partial charge on any atom is 0.161 e. The van der Waals surface area contributed by atoms with Crippen LogP contribution in [-0.2, 0) is 6.54 Å². The van der Waals surface area contributed by atoms with Crippen LogP contribution in [0.25, 0.3) is 0 Å². The molecule has 0 saturated carbocycles. The van der Waals surface area contributed by atoms with E-state index in [-0.39, 0.29) is 5.69 Å². The molecule has 2 aromatic rings. The zero-order valence-electron chi connectivity index (χ0n) is 10.7. The smallest absolute Gasteiger partial charge is 0.161 e. The number of aryl methyl sites for hydroxylation is 2. The molecular formula is C15H14F3N. The van der Waals surface area contributed by atoms with E-state index in [1.54, 1.807) is 0 Å². The fourth-order valence-corrected chi connectivity index (χ4v) is 1.89. The van der Waals surface area contributed by atoms with E-state index in [0.29, 0.717) is 12.6 Å². The summed E-state index contributed by atoms with van der Waals surface area (Å²) in [6.45, 7) is 4.29. The molecule has 1 nitrogen and oxygen atoms in total. The lowest BCUT2D eigenvalue weighted by Gasteiger charge is -2.11. The van der Waals surface area contributed by atoms with E-state index in [9.17, 15) is 13.2 Å². The number of nitrogens with one attached hydrogen (secondary N) is 1. The minimum Gasteiger partial charge on any atom is -0.379 e. The van der Waals surface area contributed by atoms with Crippen LogP contribution in [0.1, 0.15) is 16.7 Å². The second-order valence-corrected chi connectivity index (χ2v) is 4.53. The number of halogens is 3. The Bertz CT molecular complexity index is 609. The molecule has 0 spiro atoms. The van der Waals surface area contributed by atoms with Crippen molar-refractivity contribution in [2.75, 3.05) is 5.32 Å². The average Bonchev–Trinajstić information content (AvgIpc) is 2.34. The molecule has 0 aliphatic carbocycles. The lowest BCUT2D eigenvalue weighted by Crippen LogP contribution is -2.04. The zero-order valence-corrected chi connectivity index (χ0v) is 10.7. The summed E-state index contributed by atoms with van der Waals surface area (Å²) in [6, 6.07) is 7.26. The van der Waals surface area contributed by atoms with E-state index in [1.165, 1.54) is 0 Å². The van der Waals surface area contributed by atoms with E-state index in [2.05, 4.69) is 5.32 Å². The third-order valence-corrected chi connectivity index (χ3v) is 2.98. The second-order valence-electron chi connectivity index (χ2n) is 4.53. The number of rotatable bonds is 3. The molecule has 0 atom stereocenters. The van der Waals surface area contributed by atoms with E-state index in [1.807, 2.05) is 32.0 Å². The number of hydrogen-bond donors (Lipinski definition) is 1. The Morgan fingerprint density at radius 1 is 0.895 bits per heavy atom. The molecule has 2 rings (SSSR count). The molecule has 0 aliphatic heterocycles. The van der Waals surface area contributed by atoms with Gasteiger partial charge in [-0.2, -0.15) is 0 Å². The third-order valence-electron chi connectivity index (χ3n) is 2.98. The van der Waals surface area contributed by atoms with Gasteiger partial charge in [0.2, 0.25) is 0 Å². The van der Waals surface area contributed by atoms with Crippen LogP contribution in [0.4, 0.5) is 18.9 Å². The van der Waals surface area contributed by atoms with Crippen molar-refractivity contribution >= 4 is 5.69 Å². The predicted molar refractivity (Wildman–Crippen MR) is 69.6 cm³/mol. The minimum absolute atomic E-state index is 0.0427. The Labute approximate surface area is 110 Å². The Balaban J connectivity index is 2.16. The van der Waals surface area contributed by atoms with Crippen LogP contribution in [0.15, 0.2) is 30.3 Å². The molecule has 0 amide bonds. The lowest BCUT2D eigenvalue weighted by atomic mass is 10.1. The van der Waals surface area contributed by atoms with Gasteiger partial charge in [-0.3, -0.25) is 0 Å². The fraction of sp³-hybridized carbons (Fsp3) is 0.200. The molecule has 0 radical (unpaired) electrons. The predicted octanol–water partition coefficient (Wildman–Crippen LogP) is 4.33. The van der Waals surface area contributed by atoms with E-state index < -0.39 is 17.5 Å². The molecule has 1 N–H and O–H groups in total. The fourth-order valence-electron chi connectivity index (χ4n) is 1.89. The molecule has 0 aromatic heterocycles. The van der Waals surface area contributed by atoms with E-state index >= 15 is 0 Å². The van der Waals surface area contributed by atoms with Crippen LogP contribution in [0, 0.1) is 31.3 Å². The minimum atomic E-state index is -1.19. The molecule has 0 saturated heterocycles. The van der Waals surface area contributed by atoms with Gasteiger partial charge in [0.05, 0.1) is 5.69 Å². The van der Waals surface area contributed by atoms with Gasteiger partial charge in [0, 0.05) is 18.7 Å². The van der Waals surface area contributed by atoms with Crippen molar-refractivity contribution < 1.29 is 13.2 Å². The summed E-state index contributed by atoms with van der Waals surface area (Å²) in [5.74, 6) is -3.05. The van der Waals surface area contributed by atoms with E-state index in [4.69, 9.17) is 0 Å². The summed E-state index contributed by atoms with van der Waals surface area (Å²) in [4.78, 5) is 0. The Morgan fingerprint density at radius 3 is 2.26 bits per heavy atom. The molecule has 19 heavy (non-hydrogen) atoms. The highest BCUT2D eigenvalue weighted by Crippen LogP contribution is 2.20. The quantitative estimate of drug-likeness (QED) is 0.814. The van der Waals surface area contributed by atoms with Gasteiger partial charge in [-0.1, -0.05) is 23.8 Å². The zero-order chi connectivity index (χ0) is 14.0. The second kappa shape index (κ2) is 5.34. The number of benzene rings is 2. The molecule has 0 fully saturated rings. The Kier molecular flexibility index (Phi) is 3.79. The van der Waals surface area contributed by atoms with Crippen molar-refractivity contribution in [2.24, 2.45) is 0 Å². The van der Waals surface area contributed by atoms with Crippen molar-refractivity contribution in [3.8, 4) is 0 Å². The molecule has 4 heteroatoms. The first kappa shape index (κ1) is 13.5. The van der Waals surface area contributed by atoms with Crippen molar-refractivity contribution in [1.82, 2.24) is 0 Å². The third kappa shape index (κ3) is 3.08. The summed E-state index contributed by atoms with van der Waals surface area (Å²) in [5, 5.41) is 2.78. The van der Waals surface area contributed by atoms with Gasteiger partial charge in [-0.25, -0.2) is 13.2 Å². The van der Waals surface area contributed by atoms with Crippen LogP contribution in [0.5, 0.6) is 0 Å². The van der Waals surface area contributed by atoms with Gasteiger partial charge in [0.15, 0.2) is 11.6 Å². The topological polar surface area (TPSA) is 12.0 Å².